The molecule has 2 rings (SSSR count). The van der Waals surface area contributed by atoms with Crippen LogP contribution in [0.1, 0.15) is 24.8 Å². The van der Waals surface area contributed by atoms with Gasteiger partial charge in [0.2, 0.25) is 0 Å². The molecule has 0 aliphatic heterocycles. The van der Waals surface area contributed by atoms with Crippen LogP contribution in [0.4, 0.5) is 0 Å². The van der Waals surface area contributed by atoms with Crippen LogP contribution in [-0.2, 0) is 11.2 Å². The topological polar surface area (TPSA) is 17.1 Å². The molecular formula is C13H12Cl2O. The zero-order chi connectivity index (χ0) is 11.5. The number of carbonyl (C=O) groups excluding carboxylic acids is 1. The van der Waals surface area contributed by atoms with Crippen LogP contribution in [0.5, 0.6) is 0 Å². The van der Waals surface area contributed by atoms with Gasteiger partial charge in [-0.25, -0.2) is 0 Å². The summed E-state index contributed by atoms with van der Waals surface area (Å²) in [6.07, 6.45) is 4.99. The van der Waals surface area contributed by atoms with Crippen molar-refractivity contribution in [2.45, 2.75) is 25.7 Å². The van der Waals surface area contributed by atoms with Crippen molar-refractivity contribution in [3.63, 3.8) is 0 Å². The van der Waals surface area contributed by atoms with E-state index in [1.807, 2.05) is 18.2 Å². The minimum atomic E-state index is 0.212. The third-order valence-corrected chi connectivity index (χ3v) is 3.46. The van der Waals surface area contributed by atoms with Crippen LogP contribution >= 0.6 is 23.2 Å². The largest absolute Gasteiger partial charge is 0.295 e. The van der Waals surface area contributed by atoms with Crippen molar-refractivity contribution in [1.82, 2.24) is 0 Å². The number of benzene rings is 1. The van der Waals surface area contributed by atoms with Crippen molar-refractivity contribution in [3.8, 4) is 0 Å². The van der Waals surface area contributed by atoms with E-state index >= 15 is 0 Å². The van der Waals surface area contributed by atoms with Gasteiger partial charge in [0.1, 0.15) is 0 Å². The molecule has 1 aliphatic carbocycles. The Hall–Kier alpha value is -0.790. The second-order valence-electron chi connectivity index (χ2n) is 4.00. The second kappa shape index (κ2) is 5.03. The van der Waals surface area contributed by atoms with Crippen molar-refractivity contribution in [2.24, 2.45) is 0 Å². The third-order valence-electron chi connectivity index (χ3n) is 2.75. The van der Waals surface area contributed by atoms with Crippen LogP contribution in [0.3, 0.4) is 0 Å². The summed E-state index contributed by atoms with van der Waals surface area (Å²) in [7, 11) is 0. The Morgan fingerprint density at radius 3 is 2.44 bits per heavy atom. The van der Waals surface area contributed by atoms with Gasteiger partial charge < -0.3 is 0 Å². The Morgan fingerprint density at radius 2 is 1.81 bits per heavy atom. The summed E-state index contributed by atoms with van der Waals surface area (Å²) < 4.78 is 0. The number of carbonyl (C=O) groups is 1. The molecule has 0 unspecified atom stereocenters. The van der Waals surface area contributed by atoms with Crippen molar-refractivity contribution in [3.05, 3.63) is 45.5 Å². The van der Waals surface area contributed by atoms with E-state index in [9.17, 15) is 4.79 Å². The van der Waals surface area contributed by atoms with Crippen LogP contribution in [0.15, 0.2) is 29.8 Å². The summed E-state index contributed by atoms with van der Waals surface area (Å²) in [4.78, 5) is 11.3. The molecule has 1 aliphatic rings. The first-order valence-electron chi connectivity index (χ1n) is 5.32. The number of rotatable bonds is 2. The van der Waals surface area contributed by atoms with E-state index in [0.29, 0.717) is 22.9 Å². The van der Waals surface area contributed by atoms with Crippen molar-refractivity contribution >= 4 is 29.0 Å². The Labute approximate surface area is 105 Å². The Morgan fingerprint density at radius 1 is 1.12 bits per heavy atom. The first-order chi connectivity index (χ1) is 7.66. The molecule has 0 saturated carbocycles. The molecule has 3 heteroatoms. The molecule has 1 aromatic rings. The normalized spacial score (nSPS) is 16.1. The average molecular weight is 255 g/mol. The van der Waals surface area contributed by atoms with Gasteiger partial charge in [0.05, 0.1) is 0 Å². The van der Waals surface area contributed by atoms with Crippen molar-refractivity contribution in [1.29, 1.82) is 0 Å². The highest BCUT2D eigenvalue weighted by molar-refractivity contribution is 6.36. The lowest BCUT2D eigenvalue weighted by molar-refractivity contribution is -0.115. The summed E-state index contributed by atoms with van der Waals surface area (Å²) in [6, 6.07) is 5.48. The van der Waals surface area contributed by atoms with Crippen LogP contribution in [-0.4, -0.2) is 5.78 Å². The summed E-state index contributed by atoms with van der Waals surface area (Å²) in [5.74, 6) is 0.212. The maximum absolute atomic E-state index is 11.3. The fraction of sp³-hybridized carbons (Fsp3) is 0.308. The fourth-order valence-electron chi connectivity index (χ4n) is 1.93. The zero-order valence-corrected chi connectivity index (χ0v) is 10.3. The molecule has 16 heavy (non-hydrogen) atoms. The minimum Gasteiger partial charge on any atom is -0.295 e. The number of halogens is 2. The van der Waals surface area contributed by atoms with Gasteiger partial charge in [-0.1, -0.05) is 34.8 Å². The van der Waals surface area contributed by atoms with E-state index in [2.05, 4.69) is 0 Å². The molecule has 0 saturated heterocycles. The van der Waals surface area contributed by atoms with Gasteiger partial charge in [-0.15, -0.1) is 0 Å². The SMILES string of the molecule is O=C1C=C(Cc2c(Cl)cccc2Cl)CCC1. The third kappa shape index (κ3) is 2.66. The van der Waals surface area contributed by atoms with Crippen LogP contribution < -0.4 is 0 Å². The number of ketones is 1. The highest BCUT2D eigenvalue weighted by atomic mass is 35.5. The first-order valence-corrected chi connectivity index (χ1v) is 6.07. The van der Waals surface area contributed by atoms with Gasteiger partial charge in [0, 0.05) is 16.5 Å². The summed E-state index contributed by atoms with van der Waals surface area (Å²) in [6.45, 7) is 0. The molecule has 0 bridgehead atoms. The van der Waals surface area contributed by atoms with Crippen molar-refractivity contribution in [2.75, 3.05) is 0 Å². The molecule has 0 atom stereocenters. The van der Waals surface area contributed by atoms with Crippen LogP contribution in [0.25, 0.3) is 0 Å². The van der Waals surface area contributed by atoms with Crippen LogP contribution in [0.2, 0.25) is 10.0 Å². The molecule has 1 aromatic carbocycles. The molecule has 1 nitrogen and oxygen atoms in total. The highest BCUT2D eigenvalue weighted by Gasteiger charge is 2.13. The lowest BCUT2D eigenvalue weighted by atomic mass is 9.93. The van der Waals surface area contributed by atoms with Gasteiger partial charge in [-0.05, 0) is 43.0 Å². The van der Waals surface area contributed by atoms with E-state index in [0.717, 1.165) is 24.0 Å². The van der Waals surface area contributed by atoms with Crippen molar-refractivity contribution < 1.29 is 4.79 Å². The standard InChI is InChI=1S/C13H12Cl2O/c14-12-5-2-6-13(15)11(12)8-9-3-1-4-10(16)7-9/h2,5-7H,1,3-4,8H2. The van der Waals surface area contributed by atoms with E-state index in [-0.39, 0.29) is 5.78 Å². The summed E-state index contributed by atoms with van der Waals surface area (Å²) in [5.41, 5.74) is 2.05. The molecule has 0 spiro atoms. The van der Waals surface area contributed by atoms with Gasteiger partial charge in [-0.3, -0.25) is 4.79 Å². The maximum Gasteiger partial charge on any atom is 0.155 e. The lowest BCUT2D eigenvalue weighted by Crippen LogP contribution is -2.05. The van der Waals surface area contributed by atoms with Gasteiger partial charge in [0.25, 0.3) is 0 Å². The monoisotopic (exact) mass is 254 g/mol. The number of hydrogen-bond acceptors (Lipinski definition) is 1. The quantitative estimate of drug-likeness (QED) is 0.773. The highest BCUT2D eigenvalue weighted by Crippen LogP contribution is 2.29. The van der Waals surface area contributed by atoms with E-state index < -0.39 is 0 Å². The molecule has 0 aromatic heterocycles. The van der Waals surface area contributed by atoms with E-state index in [1.54, 1.807) is 6.08 Å². The zero-order valence-electron chi connectivity index (χ0n) is 8.80. The Balaban J connectivity index is 2.24. The first kappa shape index (κ1) is 11.7. The smallest absolute Gasteiger partial charge is 0.155 e. The lowest BCUT2D eigenvalue weighted by Gasteiger charge is -2.13. The molecule has 0 heterocycles. The summed E-state index contributed by atoms with van der Waals surface area (Å²) in [5, 5.41) is 1.35. The van der Waals surface area contributed by atoms with E-state index in [4.69, 9.17) is 23.2 Å². The number of hydrogen-bond donors (Lipinski definition) is 0. The summed E-state index contributed by atoms with van der Waals surface area (Å²) >= 11 is 12.2. The molecule has 0 fully saturated rings. The molecular weight excluding hydrogens is 243 g/mol. The predicted octanol–water partition coefficient (Wildman–Crippen LogP) is 4.22. The molecule has 0 amide bonds. The molecule has 0 radical (unpaired) electrons. The fourth-order valence-corrected chi connectivity index (χ4v) is 2.46. The Bertz CT molecular complexity index is 429. The van der Waals surface area contributed by atoms with Gasteiger partial charge in [-0.2, -0.15) is 0 Å². The maximum atomic E-state index is 11.3. The average Bonchev–Trinajstić information content (AvgIpc) is 2.24. The van der Waals surface area contributed by atoms with Gasteiger partial charge in [0.15, 0.2) is 5.78 Å². The number of allylic oxidation sites excluding steroid dienone is 2. The van der Waals surface area contributed by atoms with E-state index in [1.165, 1.54) is 0 Å². The second-order valence-corrected chi connectivity index (χ2v) is 4.81. The predicted molar refractivity (Wildman–Crippen MR) is 67.1 cm³/mol. The minimum absolute atomic E-state index is 0.212. The Kier molecular flexibility index (Phi) is 3.67. The van der Waals surface area contributed by atoms with Crippen LogP contribution in [0, 0.1) is 0 Å². The molecule has 84 valence electrons. The van der Waals surface area contributed by atoms with Gasteiger partial charge >= 0.3 is 0 Å². The molecule has 0 N–H and O–H groups in total.